The summed E-state index contributed by atoms with van der Waals surface area (Å²) in [4.78, 5) is 10.6. The van der Waals surface area contributed by atoms with Crippen molar-refractivity contribution in [2.24, 2.45) is 0 Å². The molecule has 0 aliphatic heterocycles. The Morgan fingerprint density at radius 3 is 2.34 bits per heavy atom. The lowest BCUT2D eigenvalue weighted by molar-refractivity contribution is -0.137. The maximum Gasteiger partial charge on any atom is 0.303 e. The number of aliphatic carboxylic acids is 1. The number of carboxylic acid groups (broad SMARTS) is 1. The molecule has 0 aromatic heterocycles. The fraction of sp³-hybridized carbons (Fsp3) is 0.350. The summed E-state index contributed by atoms with van der Waals surface area (Å²) in [5.41, 5.74) is 1.14. The Balaban J connectivity index is 2.16. The van der Waals surface area contributed by atoms with Crippen LogP contribution in [0, 0.1) is 12.7 Å². The second-order valence-electron chi connectivity index (χ2n) is 6.68. The van der Waals surface area contributed by atoms with E-state index in [1.807, 2.05) is 6.92 Å². The molecule has 0 aliphatic rings. The van der Waals surface area contributed by atoms with Crippen molar-refractivity contribution in [1.82, 2.24) is 5.32 Å². The van der Waals surface area contributed by atoms with Crippen molar-refractivity contribution in [2.45, 2.75) is 30.8 Å². The Kier molecular flexibility index (Phi) is 8.12. The minimum atomic E-state index is -3.98. The van der Waals surface area contributed by atoms with Gasteiger partial charge < -0.3 is 15.5 Å². The number of carbonyl (C=O) groups is 1. The van der Waals surface area contributed by atoms with Crippen LogP contribution in [0.4, 0.5) is 10.1 Å². The van der Waals surface area contributed by atoms with Gasteiger partial charge in [-0.15, -0.1) is 0 Å². The molecule has 0 amide bonds. The van der Waals surface area contributed by atoms with E-state index in [9.17, 15) is 22.7 Å². The minimum Gasteiger partial charge on any atom is -0.481 e. The number of rotatable bonds is 11. The fourth-order valence-corrected chi connectivity index (χ4v) is 4.18. The van der Waals surface area contributed by atoms with E-state index < -0.39 is 27.9 Å². The van der Waals surface area contributed by atoms with Crippen molar-refractivity contribution in [2.75, 3.05) is 23.9 Å². The molecule has 0 aliphatic carbocycles. The molecule has 2 rings (SSSR count). The number of hydrogen-bond acceptors (Lipinski definition) is 5. The van der Waals surface area contributed by atoms with Gasteiger partial charge in [0.05, 0.1) is 23.2 Å². The molecule has 3 N–H and O–H groups in total. The van der Waals surface area contributed by atoms with Crippen LogP contribution in [0.5, 0.6) is 0 Å². The first-order valence-corrected chi connectivity index (χ1v) is 10.6. The summed E-state index contributed by atoms with van der Waals surface area (Å²) in [6.07, 6.45) is -0.650. The molecule has 9 heteroatoms. The van der Waals surface area contributed by atoms with E-state index in [1.165, 1.54) is 24.3 Å². The average Bonchev–Trinajstić information content (AvgIpc) is 2.66. The van der Waals surface area contributed by atoms with E-state index in [1.54, 1.807) is 12.1 Å². The lowest BCUT2D eigenvalue weighted by atomic mass is 10.2. The molecule has 29 heavy (non-hydrogen) atoms. The van der Waals surface area contributed by atoms with E-state index in [4.69, 9.17) is 5.11 Å². The van der Waals surface area contributed by atoms with Crippen LogP contribution in [0.1, 0.15) is 18.4 Å². The van der Waals surface area contributed by atoms with Gasteiger partial charge in [0.25, 0.3) is 10.0 Å². The van der Waals surface area contributed by atoms with Gasteiger partial charge in [-0.25, -0.2) is 12.8 Å². The predicted molar refractivity (Wildman–Crippen MR) is 108 cm³/mol. The van der Waals surface area contributed by atoms with Crippen molar-refractivity contribution in [3.63, 3.8) is 0 Å². The third kappa shape index (κ3) is 6.81. The predicted octanol–water partition coefficient (Wildman–Crippen LogP) is 2.14. The van der Waals surface area contributed by atoms with Crippen molar-refractivity contribution in [3.8, 4) is 0 Å². The summed E-state index contributed by atoms with van der Waals surface area (Å²) in [6.45, 7) is 2.06. The van der Waals surface area contributed by atoms with Crippen LogP contribution in [0.15, 0.2) is 53.4 Å². The summed E-state index contributed by atoms with van der Waals surface area (Å²) < 4.78 is 40.6. The SMILES string of the molecule is Cc1ccc(S(=O)(=O)N(CC(O)CNCCCC(=O)O)c2ccc(F)cc2)cc1. The van der Waals surface area contributed by atoms with E-state index in [2.05, 4.69) is 5.32 Å². The van der Waals surface area contributed by atoms with Crippen LogP contribution in [-0.2, 0) is 14.8 Å². The van der Waals surface area contributed by atoms with Crippen molar-refractivity contribution < 1.29 is 27.8 Å². The lowest BCUT2D eigenvalue weighted by Crippen LogP contribution is -2.41. The normalized spacial score (nSPS) is 12.5. The number of aliphatic hydroxyl groups excluding tert-OH is 1. The van der Waals surface area contributed by atoms with Crippen LogP contribution >= 0.6 is 0 Å². The van der Waals surface area contributed by atoms with Crippen molar-refractivity contribution >= 4 is 21.7 Å². The quantitative estimate of drug-likeness (QED) is 0.477. The first-order valence-electron chi connectivity index (χ1n) is 9.15. The van der Waals surface area contributed by atoms with E-state index in [0.717, 1.165) is 22.0 Å². The van der Waals surface area contributed by atoms with Gasteiger partial charge in [-0.2, -0.15) is 0 Å². The number of carboxylic acids is 1. The summed E-state index contributed by atoms with van der Waals surface area (Å²) in [5.74, 6) is -1.40. The smallest absolute Gasteiger partial charge is 0.303 e. The highest BCUT2D eigenvalue weighted by Gasteiger charge is 2.27. The number of benzene rings is 2. The highest BCUT2D eigenvalue weighted by atomic mass is 32.2. The average molecular weight is 424 g/mol. The number of aliphatic hydroxyl groups is 1. The van der Waals surface area contributed by atoms with Gasteiger partial charge in [-0.3, -0.25) is 9.10 Å². The standard InChI is InChI=1S/C20H25FN2O5S/c1-15-4-10-19(11-5-15)29(27,28)23(17-8-6-16(21)7-9-17)14-18(24)13-22-12-2-3-20(25)26/h4-11,18,22,24H,2-3,12-14H2,1H3,(H,25,26). The second-order valence-corrected chi connectivity index (χ2v) is 8.54. The van der Waals surface area contributed by atoms with Gasteiger partial charge in [-0.1, -0.05) is 17.7 Å². The van der Waals surface area contributed by atoms with Gasteiger partial charge >= 0.3 is 5.97 Å². The maximum absolute atomic E-state index is 13.3. The zero-order valence-corrected chi connectivity index (χ0v) is 16.9. The fourth-order valence-electron chi connectivity index (χ4n) is 2.68. The number of nitrogens with zero attached hydrogens (tertiary/aromatic N) is 1. The molecule has 0 bridgehead atoms. The number of halogens is 1. The van der Waals surface area contributed by atoms with Crippen LogP contribution in [0.2, 0.25) is 0 Å². The Bertz CT molecular complexity index is 901. The summed E-state index contributed by atoms with van der Waals surface area (Å²) in [6, 6.07) is 11.3. The van der Waals surface area contributed by atoms with Gasteiger partial charge in [0.1, 0.15) is 5.82 Å². The van der Waals surface area contributed by atoms with Gasteiger partial charge in [-0.05, 0) is 56.3 Å². The molecule has 0 fully saturated rings. The number of sulfonamides is 1. The van der Waals surface area contributed by atoms with Gasteiger partial charge in [0.2, 0.25) is 0 Å². The molecule has 0 saturated heterocycles. The molecule has 0 spiro atoms. The van der Waals surface area contributed by atoms with Crippen molar-refractivity contribution in [3.05, 3.63) is 59.9 Å². The summed E-state index contributed by atoms with van der Waals surface area (Å²) >= 11 is 0. The van der Waals surface area contributed by atoms with Gasteiger partial charge in [0.15, 0.2) is 0 Å². The topological polar surface area (TPSA) is 107 Å². The number of hydrogen-bond donors (Lipinski definition) is 3. The largest absolute Gasteiger partial charge is 0.481 e. The first kappa shape index (κ1) is 22.8. The highest BCUT2D eigenvalue weighted by Crippen LogP contribution is 2.24. The molecular weight excluding hydrogens is 399 g/mol. The third-order valence-corrected chi connectivity index (χ3v) is 6.03. The van der Waals surface area contributed by atoms with Gasteiger partial charge in [0, 0.05) is 13.0 Å². The van der Waals surface area contributed by atoms with Crippen molar-refractivity contribution in [1.29, 1.82) is 0 Å². The van der Waals surface area contributed by atoms with Crippen LogP contribution in [0.25, 0.3) is 0 Å². The van der Waals surface area contributed by atoms with E-state index >= 15 is 0 Å². The highest BCUT2D eigenvalue weighted by molar-refractivity contribution is 7.92. The molecule has 1 atom stereocenters. The summed E-state index contributed by atoms with van der Waals surface area (Å²) in [7, 11) is -3.98. The zero-order valence-electron chi connectivity index (χ0n) is 16.1. The Labute approximate surface area is 169 Å². The number of nitrogens with one attached hydrogen (secondary N) is 1. The zero-order chi connectivity index (χ0) is 21.4. The molecule has 0 saturated carbocycles. The van der Waals surface area contributed by atoms with Crippen LogP contribution in [-0.4, -0.2) is 50.3 Å². The minimum absolute atomic E-state index is 0.00655. The van der Waals surface area contributed by atoms with Crippen LogP contribution in [0.3, 0.4) is 0 Å². The molecule has 2 aromatic rings. The molecule has 158 valence electrons. The number of aryl methyl sites for hydroxylation is 1. The number of anilines is 1. The Morgan fingerprint density at radius 1 is 1.14 bits per heavy atom. The molecule has 7 nitrogen and oxygen atoms in total. The summed E-state index contributed by atoms with van der Waals surface area (Å²) in [5, 5.41) is 21.9. The van der Waals surface area contributed by atoms with E-state index in [0.29, 0.717) is 13.0 Å². The monoisotopic (exact) mass is 424 g/mol. The maximum atomic E-state index is 13.3. The molecule has 1 unspecified atom stereocenters. The van der Waals surface area contributed by atoms with E-state index in [-0.39, 0.29) is 30.1 Å². The first-order chi connectivity index (χ1) is 13.7. The second kappa shape index (κ2) is 10.3. The van der Waals surface area contributed by atoms with Crippen LogP contribution < -0.4 is 9.62 Å². The molecular formula is C20H25FN2O5S. The Morgan fingerprint density at radius 2 is 1.76 bits per heavy atom. The third-order valence-electron chi connectivity index (χ3n) is 4.22. The molecule has 0 radical (unpaired) electrons. The lowest BCUT2D eigenvalue weighted by Gasteiger charge is -2.27. The molecule has 2 aromatic carbocycles. The Hall–Kier alpha value is -2.49. The molecule has 0 heterocycles.